The Morgan fingerprint density at radius 3 is 2.04 bits per heavy atom. The molecule has 0 radical (unpaired) electrons. The highest BCUT2D eigenvalue weighted by atomic mass is 32.2. The number of carboxylic acid groups (broad SMARTS) is 1. The summed E-state index contributed by atoms with van der Waals surface area (Å²) in [7, 11) is 0. The van der Waals surface area contributed by atoms with Gasteiger partial charge in [0.15, 0.2) is 0 Å². The predicted octanol–water partition coefficient (Wildman–Crippen LogP) is 5.46. The molecule has 2 nitrogen and oxygen atoms in total. The summed E-state index contributed by atoms with van der Waals surface area (Å²) in [4.78, 5) is 12.1. The fourth-order valence-corrected chi connectivity index (χ4v) is 3.11. The van der Waals surface area contributed by atoms with E-state index in [-0.39, 0.29) is 5.56 Å². The van der Waals surface area contributed by atoms with Crippen LogP contribution in [0, 0.1) is 11.8 Å². The molecule has 0 bridgehead atoms. The Hall–Kier alpha value is -2.18. The molecule has 0 saturated heterocycles. The van der Waals surface area contributed by atoms with Gasteiger partial charge in [-0.05, 0) is 60.7 Å². The van der Waals surface area contributed by atoms with E-state index in [0.29, 0.717) is 0 Å². The second kappa shape index (κ2) is 9.85. The number of carbonyl (C=O) groups is 1. The van der Waals surface area contributed by atoms with Crippen LogP contribution in [0.25, 0.3) is 0 Å². The molecule has 0 fully saturated rings. The van der Waals surface area contributed by atoms with E-state index in [0.717, 1.165) is 11.1 Å². The van der Waals surface area contributed by atoms with Gasteiger partial charge in [-0.15, -0.1) is 11.8 Å². The summed E-state index contributed by atoms with van der Waals surface area (Å²) in [5.74, 6) is 6.43. The first-order valence-corrected chi connectivity index (χ1v) is 9.26. The number of rotatable bonds is 7. The Bertz CT molecular complexity index is 706. The summed E-state index contributed by atoms with van der Waals surface area (Å²) >= 11 is 1.89. The lowest BCUT2D eigenvalue weighted by molar-refractivity contribution is 0.0697. The van der Waals surface area contributed by atoms with Crippen molar-refractivity contribution >= 4 is 17.7 Å². The quantitative estimate of drug-likeness (QED) is 0.414. The standard InChI is InChI=1S/C21H22O2S/c1-2-3-4-5-16-24-20-14-10-18(11-15-20)7-6-17-8-12-19(13-9-17)21(22)23/h8-15H,2-5,16H2,1H3,(H,22,23). The van der Waals surface area contributed by atoms with Crippen LogP contribution in [-0.2, 0) is 0 Å². The van der Waals surface area contributed by atoms with E-state index < -0.39 is 5.97 Å². The van der Waals surface area contributed by atoms with Crippen molar-refractivity contribution < 1.29 is 9.90 Å². The summed E-state index contributed by atoms with van der Waals surface area (Å²) in [5, 5.41) is 8.88. The second-order valence-corrected chi connectivity index (χ2v) is 6.73. The van der Waals surface area contributed by atoms with Gasteiger partial charge in [-0.2, -0.15) is 0 Å². The molecule has 124 valence electrons. The van der Waals surface area contributed by atoms with Gasteiger partial charge in [-0.1, -0.05) is 38.0 Å². The summed E-state index contributed by atoms with van der Waals surface area (Å²) in [6.45, 7) is 2.23. The second-order valence-electron chi connectivity index (χ2n) is 5.57. The smallest absolute Gasteiger partial charge is 0.335 e. The fraction of sp³-hybridized carbons (Fsp3) is 0.286. The van der Waals surface area contributed by atoms with Crippen LogP contribution in [0.4, 0.5) is 0 Å². The van der Waals surface area contributed by atoms with Gasteiger partial charge in [0.05, 0.1) is 5.56 Å². The van der Waals surface area contributed by atoms with Gasteiger partial charge in [-0.3, -0.25) is 0 Å². The normalized spacial score (nSPS) is 10.0. The minimum absolute atomic E-state index is 0.279. The Morgan fingerprint density at radius 1 is 0.917 bits per heavy atom. The van der Waals surface area contributed by atoms with Crippen molar-refractivity contribution in [3.63, 3.8) is 0 Å². The van der Waals surface area contributed by atoms with Gasteiger partial charge in [0, 0.05) is 16.0 Å². The molecule has 0 aliphatic carbocycles. The van der Waals surface area contributed by atoms with Crippen LogP contribution >= 0.6 is 11.8 Å². The molecule has 3 heteroatoms. The maximum absolute atomic E-state index is 10.8. The highest BCUT2D eigenvalue weighted by Gasteiger charge is 2.00. The highest BCUT2D eigenvalue weighted by Crippen LogP contribution is 2.20. The molecule has 2 rings (SSSR count). The van der Waals surface area contributed by atoms with Gasteiger partial charge < -0.3 is 5.11 Å². The summed E-state index contributed by atoms with van der Waals surface area (Å²) in [6, 6.07) is 14.9. The van der Waals surface area contributed by atoms with E-state index in [4.69, 9.17) is 5.11 Å². The van der Waals surface area contributed by atoms with E-state index in [1.807, 2.05) is 23.9 Å². The SMILES string of the molecule is CCCCCCSc1ccc(C#Cc2ccc(C(=O)O)cc2)cc1. The monoisotopic (exact) mass is 338 g/mol. The molecule has 24 heavy (non-hydrogen) atoms. The Labute approximate surface area is 148 Å². The van der Waals surface area contributed by atoms with Gasteiger partial charge in [0.2, 0.25) is 0 Å². The Kier molecular flexibility index (Phi) is 7.45. The molecule has 0 aliphatic heterocycles. The van der Waals surface area contributed by atoms with Gasteiger partial charge in [0.1, 0.15) is 0 Å². The number of benzene rings is 2. The van der Waals surface area contributed by atoms with Gasteiger partial charge in [-0.25, -0.2) is 4.79 Å². The number of carboxylic acids is 1. The summed E-state index contributed by atoms with van der Waals surface area (Å²) in [5.41, 5.74) is 2.06. The van der Waals surface area contributed by atoms with Crippen LogP contribution in [0.3, 0.4) is 0 Å². The lowest BCUT2D eigenvalue weighted by Crippen LogP contribution is -1.94. The molecule has 2 aromatic rings. The maximum atomic E-state index is 10.8. The van der Waals surface area contributed by atoms with E-state index in [9.17, 15) is 4.79 Å². The number of hydrogen-bond donors (Lipinski definition) is 1. The van der Waals surface area contributed by atoms with Gasteiger partial charge >= 0.3 is 5.97 Å². The van der Waals surface area contributed by atoms with Crippen molar-refractivity contribution in [1.29, 1.82) is 0 Å². The van der Waals surface area contributed by atoms with Crippen LogP contribution in [0.2, 0.25) is 0 Å². The zero-order valence-electron chi connectivity index (χ0n) is 13.9. The molecule has 2 aromatic carbocycles. The lowest BCUT2D eigenvalue weighted by atomic mass is 10.1. The van der Waals surface area contributed by atoms with Crippen LogP contribution in [-0.4, -0.2) is 16.8 Å². The molecule has 0 aromatic heterocycles. The third-order valence-electron chi connectivity index (χ3n) is 3.60. The Balaban J connectivity index is 1.88. The molecule has 0 atom stereocenters. The van der Waals surface area contributed by atoms with Crippen LogP contribution in [0.5, 0.6) is 0 Å². The zero-order chi connectivity index (χ0) is 17.2. The van der Waals surface area contributed by atoms with Crippen molar-refractivity contribution in [2.45, 2.75) is 37.5 Å². The van der Waals surface area contributed by atoms with E-state index in [1.165, 1.54) is 36.3 Å². The topological polar surface area (TPSA) is 37.3 Å². The summed E-state index contributed by atoms with van der Waals surface area (Å²) < 4.78 is 0. The third kappa shape index (κ3) is 6.14. The van der Waals surface area contributed by atoms with Crippen LogP contribution in [0.15, 0.2) is 53.4 Å². The van der Waals surface area contributed by atoms with E-state index >= 15 is 0 Å². The number of thioether (sulfide) groups is 1. The van der Waals surface area contributed by atoms with E-state index in [2.05, 4.69) is 30.9 Å². The average Bonchev–Trinajstić information content (AvgIpc) is 2.61. The lowest BCUT2D eigenvalue weighted by Gasteiger charge is -2.01. The van der Waals surface area contributed by atoms with Crippen LogP contribution < -0.4 is 0 Å². The number of aromatic carboxylic acids is 1. The summed E-state index contributed by atoms with van der Waals surface area (Å²) in [6.07, 6.45) is 5.18. The Morgan fingerprint density at radius 2 is 1.50 bits per heavy atom. The zero-order valence-corrected chi connectivity index (χ0v) is 14.7. The molecule has 0 saturated carbocycles. The number of hydrogen-bond acceptors (Lipinski definition) is 2. The average molecular weight is 338 g/mol. The fourth-order valence-electron chi connectivity index (χ4n) is 2.19. The molecule has 1 N–H and O–H groups in total. The minimum Gasteiger partial charge on any atom is -0.478 e. The molecule has 0 aliphatic rings. The van der Waals surface area contributed by atoms with Crippen molar-refractivity contribution in [2.75, 3.05) is 5.75 Å². The largest absolute Gasteiger partial charge is 0.478 e. The number of unbranched alkanes of at least 4 members (excludes halogenated alkanes) is 3. The van der Waals surface area contributed by atoms with E-state index in [1.54, 1.807) is 24.3 Å². The molecule has 0 spiro atoms. The van der Waals surface area contributed by atoms with Crippen molar-refractivity contribution in [3.05, 3.63) is 65.2 Å². The first-order valence-electron chi connectivity index (χ1n) is 8.27. The molecule has 0 amide bonds. The van der Waals surface area contributed by atoms with Gasteiger partial charge in [0.25, 0.3) is 0 Å². The molecular weight excluding hydrogens is 316 g/mol. The van der Waals surface area contributed by atoms with Crippen molar-refractivity contribution in [3.8, 4) is 11.8 Å². The minimum atomic E-state index is -0.919. The molecular formula is C21H22O2S. The molecule has 0 heterocycles. The highest BCUT2D eigenvalue weighted by molar-refractivity contribution is 7.99. The first-order chi connectivity index (χ1) is 11.7. The van der Waals surface area contributed by atoms with Crippen LogP contribution in [0.1, 0.15) is 54.1 Å². The van der Waals surface area contributed by atoms with Crippen molar-refractivity contribution in [2.24, 2.45) is 0 Å². The predicted molar refractivity (Wildman–Crippen MR) is 101 cm³/mol. The third-order valence-corrected chi connectivity index (χ3v) is 4.70. The maximum Gasteiger partial charge on any atom is 0.335 e. The van der Waals surface area contributed by atoms with Crippen molar-refractivity contribution in [1.82, 2.24) is 0 Å². The first kappa shape index (κ1) is 18.2. The molecule has 0 unspecified atom stereocenters.